The molecule has 0 spiro atoms. The number of ether oxygens (including phenoxy) is 2. The summed E-state index contributed by atoms with van der Waals surface area (Å²) in [4.78, 5) is 28.4. The van der Waals surface area contributed by atoms with Crippen molar-refractivity contribution in [2.24, 2.45) is 5.92 Å². The molecule has 0 aromatic heterocycles. The molecule has 2 aliphatic rings. The quantitative estimate of drug-likeness (QED) is 0.759. The Morgan fingerprint density at radius 3 is 2.90 bits per heavy atom. The molecule has 2 amide bonds. The third kappa shape index (κ3) is 4.17. The first-order chi connectivity index (χ1) is 10.1. The Kier molecular flexibility index (Phi) is 5.99. The molecule has 0 bridgehead atoms. The lowest BCUT2D eigenvalue weighted by molar-refractivity contribution is -0.147. The number of methoxy groups -OCH3 is 1. The van der Waals surface area contributed by atoms with Gasteiger partial charge in [-0.25, -0.2) is 0 Å². The van der Waals surface area contributed by atoms with Crippen molar-refractivity contribution in [3.8, 4) is 0 Å². The van der Waals surface area contributed by atoms with E-state index in [1.54, 1.807) is 16.9 Å². The highest BCUT2D eigenvalue weighted by Gasteiger charge is 2.34. The van der Waals surface area contributed by atoms with Gasteiger partial charge in [0.25, 0.3) is 0 Å². The SMILES string of the molecule is COCCN1CCCN(C(=O)[C@H]2CCCO[C@@H]2C)CC1=O. The predicted octanol–water partition coefficient (Wildman–Crippen LogP) is 0.509. The van der Waals surface area contributed by atoms with Crippen LogP contribution in [0.4, 0.5) is 0 Å². The van der Waals surface area contributed by atoms with E-state index in [2.05, 4.69) is 0 Å². The largest absolute Gasteiger partial charge is 0.383 e. The Morgan fingerprint density at radius 2 is 2.19 bits per heavy atom. The van der Waals surface area contributed by atoms with Crippen LogP contribution in [0, 0.1) is 5.92 Å². The Labute approximate surface area is 126 Å². The molecule has 6 heteroatoms. The van der Waals surface area contributed by atoms with E-state index in [-0.39, 0.29) is 30.4 Å². The molecule has 2 heterocycles. The third-order valence-corrected chi connectivity index (χ3v) is 4.34. The maximum atomic E-state index is 12.6. The summed E-state index contributed by atoms with van der Waals surface area (Å²) in [5.41, 5.74) is 0. The van der Waals surface area contributed by atoms with Gasteiger partial charge in [-0.15, -0.1) is 0 Å². The normalized spacial score (nSPS) is 27.6. The van der Waals surface area contributed by atoms with Crippen LogP contribution in [0.1, 0.15) is 26.2 Å². The lowest BCUT2D eigenvalue weighted by Crippen LogP contribution is -2.46. The van der Waals surface area contributed by atoms with Gasteiger partial charge in [0.05, 0.1) is 25.2 Å². The molecule has 2 rings (SSSR count). The number of carbonyl (C=O) groups is 2. The highest BCUT2D eigenvalue weighted by molar-refractivity contribution is 5.86. The van der Waals surface area contributed by atoms with Gasteiger partial charge >= 0.3 is 0 Å². The third-order valence-electron chi connectivity index (χ3n) is 4.34. The summed E-state index contributed by atoms with van der Waals surface area (Å²) in [6.07, 6.45) is 2.55. The van der Waals surface area contributed by atoms with E-state index in [0.717, 1.165) is 25.9 Å². The summed E-state index contributed by atoms with van der Waals surface area (Å²) >= 11 is 0. The van der Waals surface area contributed by atoms with Crippen molar-refractivity contribution in [1.82, 2.24) is 9.80 Å². The van der Waals surface area contributed by atoms with Crippen LogP contribution in [0.3, 0.4) is 0 Å². The first-order valence-electron chi connectivity index (χ1n) is 7.80. The molecule has 0 saturated carbocycles. The highest BCUT2D eigenvalue weighted by Crippen LogP contribution is 2.23. The highest BCUT2D eigenvalue weighted by atomic mass is 16.5. The van der Waals surface area contributed by atoms with Gasteiger partial charge in [-0.2, -0.15) is 0 Å². The van der Waals surface area contributed by atoms with Gasteiger partial charge in [0, 0.05) is 33.4 Å². The average Bonchev–Trinajstić information content (AvgIpc) is 2.67. The fourth-order valence-corrected chi connectivity index (χ4v) is 3.03. The van der Waals surface area contributed by atoms with Crippen molar-refractivity contribution >= 4 is 11.8 Å². The molecule has 0 aliphatic carbocycles. The molecule has 0 aromatic rings. The minimum Gasteiger partial charge on any atom is -0.383 e. The molecule has 0 N–H and O–H groups in total. The maximum absolute atomic E-state index is 12.6. The van der Waals surface area contributed by atoms with Crippen molar-refractivity contribution in [3.63, 3.8) is 0 Å². The van der Waals surface area contributed by atoms with Gasteiger partial charge in [-0.1, -0.05) is 0 Å². The predicted molar refractivity (Wildman–Crippen MR) is 77.8 cm³/mol. The molecule has 6 nitrogen and oxygen atoms in total. The van der Waals surface area contributed by atoms with Crippen LogP contribution in [-0.4, -0.2) is 74.2 Å². The van der Waals surface area contributed by atoms with Crippen molar-refractivity contribution in [2.75, 3.05) is 46.5 Å². The number of carbonyl (C=O) groups excluding carboxylic acids is 2. The van der Waals surface area contributed by atoms with E-state index >= 15 is 0 Å². The van der Waals surface area contributed by atoms with Crippen LogP contribution >= 0.6 is 0 Å². The summed E-state index contributed by atoms with van der Waals surface area (Å²) in [6.45, 7) is 5.35. The molecule has 0 unspecified atom stereocenters. The fourth-order valence-electron chi connectivity index (χ4n) is 3.03. The number of hydrogen-bond donors (Lipinski definition) is 0. The van der Waals surface area contributed by atoms with Crippen molar-refractivity contribution in [2.45, 2.75) is 32.3 Å². The van der Waals surface area contributed by atoms with Crippen LogP contribution in [0.2, 0.25) is 0 Å². The van der Waals surface area contributed by atoms with Gasteiger partial charge in [0.2, 0.25) is 11.8 Å². The Bertz CT molecular complexity index is 375. The van der Waals surface area contributed by atoms with E-state index in [1.165, 1.54) is 0 Å². The van der Waals surface area contributed by atoms with E-state index < -0.39 is 0 Å². The number of nitrogens with zero attached hydrogens (tertiary/aromatic N) is 2. The molecule has 0 aromatic carbocycles. The van der Waals surface area contributed by atoms with E-state index in [4.69, 9.17) is 9.47 Å². The average molecular weight is 298 g/mol. The molecule has 0 radical (unpaired) electrons. The van der Waals surface area contributed by atoms with Crippen molar-refractivity contribution in [1.29, 1.82) is 0 Å². The summed E-state index contributed by atoms with van der Waals surface area (Å²) in [7, 11) is 1.63. The molecule has 2 aliphatic heterocycles. The minimum absolute atomic E-state index is 0.0160. The number of rotatable bonds is 4. The smallest absolute Gasteiger partial charge is 0.242 e. The van der Waals surface area contributed by atoms with Gasteiger partial charge < -0.3 is 19.3 Å². The van der Waals surface area contributed by atoms with Crippen LogP contribution in [-0.2, 0) is 19.1 Å². The fraction of sp³-hybridized carbons (Fsp3) is 0.867. The van der Waals surface area contributed by atoms with Crippen LogP contribution in [0.25, 0.3) is 0 Å². The molecule has 120 valence electrons. The summed E-state index contributed by atoms with van der Waals surface area (Å²) < 4.78 is 10.6. The number of hydrogen-bond acceptors (Lipinski definition) is 4. The van der Waals surface area contributed by atoms with Crippen LogP contribution < -0.4 is 0 Å². The standard InChI is InChI=1S/C15H26N2O4/c1-12-13(5-3-9-21-12)15(19)17-7-4-6-16(8-10-20-2)14(18)11-17/h12-13H,3-11H2,1-2H3/t12-,13+/m1/s1. The molecular formula is C15H26N2O4. The summed E-state index contributed by atoms with van der Waals surface area (Å²) in [5.74, 6) is -0.0107. The first kappa shape index (κ1) is 16.2. The zero-order valence-corrected chi connectivity index (χ0v) is 13.0. The zero-order chi connectivity index (χ0) is 15.2. The molecular weight excluding hydrogens is 272 g/mol. The van der Waals surface area contributed by atoms with E-state index in [1.807, 2.05) is 6.92 Å². The lowest BCUT2D eigenvalue weighted by Gasteiger charge is -2.32. The minimum atomic E-state index is -0.0999. The second-order valence-electron chi connectivity index (χ2n) is 5.81. The first-order valence-corrected chi connectivity index (χ1v) is 7.80. The Morgan fingerprint density at radius 1 is 1.38 bits per heavy atom. The summed E-state index contributed by atoms with van der Waals surface area (Å²) in [5, 5.41) is 0. The van der Waals surface area contributed by atoms with Gasteiger partial charge in [0.15, 0.2) is 0 Å². The number of amides is 2. The second kappa shape index (κ2) is 7.75. The monoisotopic (exact) mass is 298 g/mol. The Hall–Kier alpha value is -1.14. The molecule has 21 heavy (non-hydrogen) atoms. The zero-order valence-electron chi connectivity index (χ0n) is 13.0. The molecule has 2 saturated heterocycles. The molecule has 2 fully saturated rings. The van der Waals surface area contributed by atoms with Crippen molar-refractivity contribution in [3.05, 3.63) is 0 Å². The lowest BCUT2D eigenvalue weighted by atomic mass is 9.94. The molecule has 2 atom stereocenters. The topological polar surface area (TPSA) is 59.1 Å². The van der Waals surface area contributed by atoms with Gasteiger partial charge in [-0.3, -0.25) is 9.59 Å². The maximum Gasteiger partial charge on any atom is 0.242 e. The van der Waals surface area contributed by atoms with Crippen LogP contribution in [0.15, 0.2) is 0 Å². The Balaban J connectivity index is 1.94. The van der Waals surface area contributed by atoms with Crippen LogP contribution in [0.5, 0.6) is 0 Å². The summed E-state index contributed by atoms with van der Waals surface area (Å²) in [6, 6.07) is 0. The van der Waals surface area contributed by atoms with E-state index in [9.17, 15) is 9.59 Å². The van der Waals surface area contributed by atoms with E-state index in [0.29, 0.717) is 26.2 Å². The van der Waals surface area contributed by atoms with Crippen molar-refractivity contribution < 1.29 is 19.1 Å². The van der Waals surface area contributed by atoms with Gasteiger partial charge in [0.1, 0.15) is 0 Å². The second-order valence-corrected chi connectivity index (χ2v) is 5.81. The van der Waals surface area contributed by atoms with Gasteiger partial charge in [-0.05, 0) is 26.2 Å².